The van der Waals surface area contributed by atoms with Gasteiger partial charge in [-0.25, -0.2) is 0 Å². The fourth-order valence-electron chi connectivity index (χ4n) is 2.45. The number of benzene rings is 1. The molecule has 1 heterocycles. The first-order valence-corrected chi connectivity index (χ1v) is 7.78. The van der Waals surface area contributed by atoms with E-state index in [0.29, 0.717) is 12.3 Å². The highest BCUT2D eigenvalue weighted by molar-refractivity contribution is 5.79. The van der Waals surface area contributed by atoms with E-state index >= 15 is 0 Å². The molecule has 1 aliphatic heterocycles. The molecule has 21 heavy (non-hydrogen) atoms. The molecule has 1 aromatic carbocycles. The summed E-state index contributed by atoms with van der Waals surface area (Å²) in [6, 6.07) is 8.15. The zero-order chi connectivity index (χ0) is 15.2. The Morgan fingerprint density at radius 1 is 1.38 bits per heavy atom. The van der Waals surface area contributed by atoms with Gasteiger partial charge in [0.15, 0.2) is 0 Å². The van der Waals surface area contributed by atoms with Crippen LogP contribution in [-0.2, 0) is 11.2 Å². The molecule has 0 radical (unpaired) electrons. The van der Waals surface area contributed by atoms with Gasteiger partial charge in [-0.15, -0.1) is 0 Å². The Kier molecular flexibility index (Phi) is 5.62. The van der Waals surface area contributed by atoms with Crippen LogP contribution in [0, 0.1) is 5.92 Å². The predicted molar refractivity (Wildman–Crippen MR) is 84.5 cm³/mol. The SMILES string of the molecule is CC(C)COc1ccc(CC(=O)N2CCNC[C@H]2C)cc1. The molecule has 0 bridgehead atoms. The summed E-state index contributed by atoms with van der Waals surface area (Å²) >= 11 is 0. The number of carbonyl (C=O) groups is 1. The van der Waals surface area contributed by atoms with Gasteiger partial charge in [0.2, 0.25) is 5.91 Å². The van der Waals surface area contributed by atoms with Crippen LogP contribution in [0.5, 0.6) is 5.75 Å². The first kappa shape index (κ1) is 15.8. The fraction of sp³-hybridized carbons (Fsp3) is 0.588. The van der Waals surface area contributed by atoms with Crippen molar-refractivity contribution in [2.24, 2.45) is 5.92 Å². The molecule has 0 aliphatic carbocycles. The third-order valence-corrected chi connectivity index (χ3v) is 3.68. The van der Waals surface area contributed by atoms with Gasteiger partial charge in [-0.05, 0) is 30.5 Å². The second-order valence-electron chi connectivity index (χ2n) is 6.17. The lowest BCUT2D eigenvalue weighted by atomic mass is 10.1. The van der Waals surface area contributed by atoms with E-state index in [4.69, 9.17) is 4.74 Å². The standard InChI is InChI=1S/C17H26N2O2/c1-13(2)12-21-16-6-4-15(5-7-16)10-17(20)19-9-8-18-11-14(19)3/h4-7,13-14,18H,8-12H2,1-3H3/t14-/m1/s1. The first-order valence-electron chi connectivity index (χ1n) is 7.78. The Hall–Kier alpha value is -1.55. The molecular formula is C17H26N2O2. The average molecular weight is 290 g/mol. The van der Waals surface area contributed by atoms with Crippen molar-refractivity contribution < 1.29 is 9.53 Å². The summed E-state index contributed by atoms with van der Waals surface area (Å²) in [6.45, 7) is 9.63. The lowest BCUT2D eigenvalue weighted by Crippen LogP contribution is -2.52. The van der Waals surface area contributed by atoms with E-state index < -0.39 is 0 Å². The minimum absolute atomic E-state index is 0.208. The van der Waals surface area contributed by atoms with Crippen LogP contribution in [0.15, 0.2) is 24.3 Å². The summed E-state index contributed by atoms with van der Waals surface area (Å²) in [5, 5.41) is 3.30. The normalized spacial score (nSPS) is 18.9. The zero-order valence-electron chi connectivity index (χ0n) is 13.3. The molecule has 116 valence electrons. The lowest BCUT2D eigenvalue weighted by Gasteiger charge is -2.34. The largest absolute Gasteiger partial charge is 0.493 e. The van der Waals surface area contributed by atoms with E-state index in [1.807, 2.05) is 29.2 Å². The van der Waals surface area contributed by atoms with Crippen LogP contribution in [0.2, 0.25) is 0 Å². The van der Waals surface area contributed by atoms with Crippen molar-refractivity contribution in [3.8, 4) is 5.75 Å². The van der Waals surface area contributed by atoms with Crippen molar-refractivity contribution in [2.75, 3.05) is 26.2 Å². The Morgan fingerprint density at radius 3 is 2.71 bits per heavy atom. The van der Waals surface area contributed by atoms with Crippen molar-refractivity contribution in [1.82, 2.24) is 10.2 Å². The summed E-state index contributed by atoms with van der Waals surface area (Å²) < 4.78 is 5.66. The average Bonchev–Trinajstić information content (AvgIpc) is 2.47. The van der Waals surface area contributed by atoms with Gasteiger partial charge in [0.25, 0.3) is 0 Å². The van der Waals surface area contributed by atoms with Gasteiger partial charge in [-0.3, -0.25) is 4.79 Å². The Morgan fingerprint density at radius 2 is 2.10 bits per heavy atom. The van der Waals surface area contributed by atoms with Crippen molar-refractivity contribution in [2.45, 2.75) is 33.2 Å². The van der Waals surface area contributed by atoms with E-state index in [2.05, 4.69) is 26.1 Å². The van der Waals surface area contributed by atoms with Crippen molar-refractivity contribution >= 4 is 5.91 Å². The highest BCUT2D eigenvalue weighted by Gasteiger charge is 2.22. The monoisotopic (exact) mass is 290 g/mol. The topological polar surface area (TPSA) is 41.6 Å². The summed E-state index contributed by atoms with van der Waals surface area (Å²) in [7, 11) is 0. The number of nitrogens with zero attached hydrogens (tertiary/aromatic N) is 1. The molecule has 1 amide bonds. The Labute approximate surface area is 127 Å². The lowest BCUT2D eigenvalue weighted by molar-refractivity contribution is -0.133. The third kappa shape index (κ3) is 4.74. The number of rotatable bonds is 5. The number of amides is 1. The number of nitrogens with one attached hydrogen (secondary N) is 1. The van der Waals surface area contributed by atoms with E-state index in [0.717, 1.165) is 37.6 Å². The number of carbonyl (C=O) groups excluding carboxylic acids is 1. The highest BCUT2D eigenvalue weighted by atomic mass is 16.5. The van der Waals surface area contributed by atoms with Crippen molar-refractivity contribution in [3.05, 3.63) is 29.8 Å². The molecule has 4 nitrogen and oxygen atoms in total. The molecule has 1 aromatic rings. The van der Waals surface area contributed by atoms with Gasteiger partial charge >= 0.3 is 0 Å². The van der Waals surface area contributed by atoms with E-state index in [9.17, 15) is 4.79 Å². The number of ether oxygens (including phenoxy) is 1. The maximum atomic E-state index is 12.3. The van der Waals surface area contributed by atoms with Crippen LogP contribution in [0.25, 0.3) is 0 Å². The van der Waals surface area contributed by atoms with Crippen molar-refractivity contribution in [1.29, 1.82) is 0 Å². The number of hydrogen-bond acceptors (Lipinski definition) is 3. The smallest absolute Gasteiger partial charge is 0.227 e. The Bertz CT molecular complexity index is 456. The van der Waals surface area contributed by atoms with Gasteiger partial charge in [-0.1, -0.05) is 26.0 Å². The zero-order valence-corrected chi connectivity index (χ0v) is 13.3. The van der Waals surface area contributed by atoms with Crippen LogP contribution in [0.1, 0.15) is 26.3 Å². The number of piperazine rings is 1. The molecule has 2 rings (SSSR count). The van der Waals surface area contributed by atoms with E-state index in [1.54, 1.807) is 0 Å². The molecule has 1 N–H and O–H groups in total. The maximum Gasteiger partial charge on any atom is 0.227 e. The van der Waals surface area contributed by atoms with Gasteiger partial charge < -0.3 is 15.0 Å². The predicted octanol–water partition coefficient (Wildman–Crippen LogP) is 2.08. The fourth-order valence-corrected chi connectivity index (χ4v) is 2.45. The minimum atomic E-state index is 0.208. The number of hydrogen-bond donors (Lipinski definition) is 1. The Balaban J connectivity index is 1.89. The molecule has 1 saturated heterocycles. The van der Waals surface area contributed by atoms with Crippen LogP contribution < -0.4 is 10.1 Å². The van der Waals surface area contributed by atoms with E-state index in [-0.39, 0.29) is 11.9 Å². The second-order valence-corrected chi connectivity index (χ2v) is 6.17. The summed E-state index contributed by atoms with van der Waals surface area (Å²) in [5.74, 6) is 1.59. The third-order valence-electron chi connectivity index (χ3n) is 3.68. The molecule has 1 aliphatic rings. The molecule has 0 aromatic heterocycles. The minimum Gasteiger partial charge on any atom is -0.493 e. The van der Waals surface area contributed by atoms with Gasteiger partial charge in [-0.2, -0.15) is 0 Å². The molecule has 1 atom stereocenters. The molecule has 0 saturated carbocycles. The van der Waals surface area contributed by atoms with Crippen LogP contribution >= 0.6 is 0 Å². The summed E-state index contributed by atoms with van der Waals surface area (Å²) in [4.78, 5) is 14.3. The second kappa shape index (κ2) is 7.46. The quantitative estimate of drug-likeness (QED) is 0.903. The van der Waals surface area contributed by atoms with Gasteiger partial charge in [0, 0.05) is 25.7 Å². The summed E-state index contributed by atoms with van der Waals surface area (Å²) in [6.07, 6.45) is 0.467. The van der Waals surface area contributed by atoms with Crippen LogP contribution in [0.4, 0.5) is 0 Å². The van der Waals surface area contributed by atoms with Gasteiger partial charge in [0.05, 0.1) is 13.0 Å². The molecule has 1 fully saturated rings. The summed E-state index contributed by atoms with van der Waals surface area (Å²) in [5.41, 5.74) is 1.04. The van der Waals surface area contributed by atoms with Crippen LogP contribution in [0.3, 0.4) is 0 Å². The highest BCUT2D eigenvalue weighted by Crippen LogP contribution is 2.15. The molecule has 0 spiro atoms. The maximum absolute atomic E-state index is 12.3. The van der Waals surface area contributed by atoms with Crippen molar-refractivity contribution in [3.63, 3.8) is 0 Å². The van der Waals surface area contributed by atoms with Gasteiger partial charge in [0.1, 0.15) is 5.75 Å². The molecule has 4 heteroatoms. The first-order chi connectivity index (χ1) is 10.1. The molecular weight excluding hydrogens is 264 g/mol. The van der Waals surface area contributed by atoms with E-state index in [1.165, 1.54) is 0 Å². The molecule has 0 unspecified atom stereocenters. The van der Waals surface area contributed by atoms with Crippen LogP contribution in [-0.4, -0.2) is 43.1 Å².